The van der Waals surface area contributed by atoms with Crippen LogP contribution in [0.2, 0.25) is 0 Å². The number of imidazole rings is 1. The number of amides is 1. The first-order valence-electron chi connectivity index (χ1n) is 3.85. The molecule has 0 saturated heterocycles. The quantitative estimate of drug-likeness (QED) is 0.701. The highest BCUT2D eigenvalue weighted by atomic mass is 16.1. The van der Waals surface area contributed by atoms with Crippen LogP contribution in [0.3, 0.4) is 0 Å². The number of hydrogen-bond acceptors (Lipinski definition) is 2. The smallest absolute Gasteiger partial charge is 0.217 e. The summed E-state index contributed by atoms with van der Waals surface area (Å²) in [5, 5.41) is 2.76. The van der Waals surface area contributed by atoms with E-state index in [9.17, 15) is 4.79 Å². The maximum absolute atomic E-state index is 10.7. The van der Waals surface area contributed by atoms with Crippen molar-refractivity contribution in [1.82, 2.24) is 14.9 Å². The Morgan fingerprint density at radius 1 is 1.75 bits per heavy atom. The van der Waals surface area contributed by atoms with E-state index >= 15 is 0 Å². The third-order valence-electron chi connectivity index (χ3n) is 1.67. The summed E-state index contributed by atoms with van der Waals surface area (Å²) in [6.45, 7) is 3.41. The van der Waals surface area contributed by atoms with E-state index in [2.05, 4.69) is 10.3 Å². The number of rotatable bonds is 2. The number of carbonyl (C=O) groups excluding carboxylic acids is 1. The maximum atomic E-state index is 10.7. The third kappa shape index (κ3) is 1.84. The zero-order valence-corrected chi connectivity index (χ0v) is 7.53. The van der Waals surface area contributed by atoms with Crippen LogP contribution < -0.4 is 5.32 Å². The molecule has 0 aliphatic rings. The highest BCUT2D eigenvalue weighted by Gasteiger charge is 2.09. The van der Waals surface area contributed by atoms with Crippen LogP contribution >= 0.6 is 0 Å². The van der Waals surface area contributed by atoms with Crippen molar-refractivity contribution in [3.8, 4) is 0 Å². The summed E-state index contributed by atoms with van der Waals surface area (Å²) in [5.41, 5.74) is 0. The van der Waals surface area contributed by atoms with Crippen LogP contribution in [-0.4, -0.2) is 15.5 Å². The molecule has 66 valence electrons. The van der Waals surface area contributed by atoms with Gasteiger partial charge in [-0.15, -0.1) is 0 Å². The van der Waals surface area contributed by atoms with Gasteiger partial charge in [-0.1, -0.05) is 0 Å². The third-order valence-corrected chi connectivity index (χ3v) is 1.67. The number of aromatic nitrogens is 2. The second-order valence-electron chi connectivity index (χ2n) is 2.82. The monoisotopic (exact) mass is 167 g/mol. The highest BCUT2D eigenvalue weighted by Crippen LogP contribution is 2.07. The Balaban J connectivity index is 2.71. The van der Waals surface area contributed by atoms with E-state index in [1.807, 2.05) is 24.7 Å². The van der Waals surface area contributed by atoms with Gasteiger partial charge in [-0.05, 0) is 6.92 Å². The van der Waals surface area contributed by atoms with Gasteiger partial charge in [-0.2, -0.15) is 0 Å². The van der Waals surface area contributed by atoms with Crippen LogP contribution in [-0.2, 0) is 11.8 Å². The van der Waals surface area contributed by atoms with Gasteiger partial charge in [0.2, 0.25) is 5.91 Å². The number of carbonyl (C=O) groups is 1. The summed E-state index contributed by atoms with van der Waals surface area (Å²) in [6.07, 6.45) is 3.57. The minimum atomic E-state index is -0.0366. The van der Waals surface area contributed by atoms with Crippen LogP contribution in [0.1, 0.15) is 25.7 Å². The molecule has 1 unspecified atom stereocenters. The lowest BCUT2D eigenvalue weighted by atomic mass is 10.3. The highest BCUT2D eigenvalue weighted by molar-refractivity contribution is 5.73. The van der Waals surface area contributed by atoms with Crippen molar-refractivity contribution >= 4 is 5.91 Å². The van der Waals surface area contributed by atoms with Crippen molar-refractivity contribution in [3.05, 3.63) is 18.2 Å². The molecule has 1 amide bonds. The Morgan fingerprint density at radius 2 is 2.42 bits per heavy atom. The molecule has 0 bridgehead atoms. The first kappa shape index (κ1) is 8.77. The summed E-state index contributed by atoms with van der Waals surface area (Å²) >= 11 is 0. The lowest BCUT2D eigenvalue weighted by Crippen LogP contribution is -2.25. The lowest BCUT2D eigenvalue weighted by molar-refractivity contribution is -0.119. The SMILES string of the molecule is CC(=O)NC(C)c1nccn1C. The normalized spacial score (nSPS) is 12.6. The predicted octanol–water partition coefficient (Wildman–Crippen LogP) is 0.617. The fraction of sp³-hybridized carbons (Fsp3) is 0.500. The van der Waals surface area contributed by atoms with Crippen molar-refractivity contribution in [2.24, 2.45) is 7.05 Å². The molecular formula is C8H13N3O. The summed E-state index contributed by atoms with van der Waals surface area (Å²) in [7, 11) is 1.90. The fourth-order valence-electron chi connectivity index (χ4n) is 1.16. The molecule has 1 aromatic rings. The van der Waals surface area contributed by atoms with Crippen molar-refractivity contribution in [1.29, 1.82) is 0 Å². The summed E-state index contributed by atoms with van der Waals surface area (Å²) in [6, 6.07) is -0.0255. The molecule has 1 heterocycles. The van der Waals surface area contributed by atoms with Gasteiger partial charge in [0.25, 0.3) is 0 Å². The van der Waals surface area contributed by atoms with Crippen LogP contribution in [0, 0.1) is 0 Å². The Kier molecular flexibility index (Phi) is 2.47. The van der Waals surface area contributed by atoms with Gasteiger partial charge in [0.05, 0.1) is 6.04 Å². The lowest BCUT2D eigenvalue weighted by Gasteiger charge is -2.11. The van der Waals surface area contributed by atoms with Gasteiger partial charge in [-0.25, -0.2) is 4.98 Å². The number of nitrogens with one attached hydrogen (secondary N) is 1. The Hall–Kier alpha value is -1.32. The van der Waals surface area contributed by atoms with E-state index in [4.69, 9.17) is 0 Å². The van der Waals surface area contributed by atoms with Crippen molar-refractivity contribution < 1.29 is 4.79 Å². The Bertz CT molecular complexity index is 280. The maximum Gasteiger partial charge on any atom is 0.217 e. The Labute approximate surface area is 71.6 Å². The molecule has 1 aromatic heterocycles. The van der Waals surface area contributed by atoms with E-state index in [-0.39, 0.29) is 11.9 Å². The molecule has 0 radical (unpaired) electrons. The molecule has 0 aliphatic heterocycles. The largest absolute Gasteiger partial charge is 0.347 e. The molecule has 1 N–H and O–H groups in total. The average molecular weight is 167 g/mol. The van der Waals surface area contributed by atoms with E-state index in [1.54, 1.807) is 6.20 Å². The first-order chi connectivity index (χ1) is 5.61. The van der Waals surface area contributed by atoms with Crippen LogP contribution in [0.4, 0.5) is 0 Å². The van der Waals surface area contributed by atoms with Gasteiger partial charge < -0.3 is 9.88 Å². The van der Waals surface area contributed by atoms with Crippen molar-refractivity contribution in [3.63, 3.8) is 0 Å². The minimum absolute atomic E-state index is 0.0255. The molecule has 0 fully saturated rings. The molecular weight excluding hydrogens is 154 g/mol. The Morgan fingerprint density at radius 3 is 2.83 bits per heavy atom. The first-order valence-corrected chi connectivity index (χ1v) is 3.85. The van der Waals surface area contributed by atoms with E-state index < -0.39 is 0 Å². The number of hydrogen-bond donors (Lipinski definition) is 1. The van der Waals surface area contributed by atoms with Gasteiger partial charge in [0.1, 0.15) is 5.82 Å². The molecule has 0 aromatic carbocycles. The summed E-state index contributed by atoms with van der Waals surface area (Å²) in [4.78, 5) is 14.8. The fourth-order valence-corrected chi connectivity index (χ4v) is 1.16. The standard InChI is InChI=1S/C8H13N3O/c1-6(10-7(2)12)8-9-4-5-11(8)3/h4-6H,1-3H3,(H,10,12). The molecule has 1 atom stereocenters. The second-order valence-corrected chi connectivity index (χ2v) is 2.82. The minimum Gasteiger partial charge on any atom is -0.347 e. The van der Waals surface area contributed by atoms with Crippen LogP contribution in [0.25, 0.3) is 0 Å². The zero-order valence-electron chi connectivity index (χ0n) is 7.53. The molecule has 12 heavy (non-hydrogen) atoms. The van der Waals surface area contributed by atoms with E-state index in [0.29, 0.717) is 0 Å². The summed E-state index contributed by atoms with van der Waals surface area (Å²) < 4.78 is 1.89. The molecule has 1 rings (SSSR count). The molecule has 4 heteroatoms. The molecule has 0 aliphatic carbocycles. The number of aryl methyl sites for hydroxylation is 1. The van der Waals surface area contributed by atoms with Crippen LogP contribution in [0.5, 0.6) is 0 Å². The van der Waals surface area contributed by atoms with Gasteiger partial charge in [0.15, 0.2) is 0 Å². The molecule has 0 saturated carbocycles. The van der Waals surface area contributed by atoms with Crippen molar-refractivity contribution in [2.75, 3.05) is 0 Å². The molecule has 4 nitrogen and oxygen atoms in total. The zero-order chi connectivity index (χ0) is 9.14. The van der Waals surface area contributed by atoms with Crippen LogP contribution in [0.15, 0.2) is 12.4 Å². The number of nitrogens with zero attached hydrogens (tertiary/aromatic N) is 2. The topological polar surface area (TPSA) is 46.9 Å². The molecule has 0 spiro atoms. The van der Waals surface area contributed by atoms with Crippen molar-refractivity contribution in [2.45, 2.75) is 19.9 Å². The predicted molar refractivity (Wildman–Crippen MR) is 45.4 cm³/mol. The average Bonchev–Trinajstić information content (AvgIpc) is 2.33. The second kappa shape index (κ2) is 3.38. The van der Waals surface area contributed by atoms with Gasteiger partial charge in [0, 0.05) is 26.4 Å². The van der Waals surface area contributed by atoms with E-state index in [0.717, 1.165) is 5.82 Å². The van der Waals surface area contributed by atoms with Gasteiger partial charge >= 0.3 is 0 Å². The summed E-state index contributed by atoms with van der Waals surface area (Å²) in [5.74, 6) is 0.829. The van der Waals surface area contributed by atoms with Gasteiger partial charge in [-0.3, -0.25) is 4.79 Å². The van der Waals surface area contributed by atoms with E-state index in [1.165, 1.54) is 6.92 Å².